The van der Waals surface area contributed by atoms with Gasteiger partial charge >= 0.3 is 0 Å². The van der Waals surface area contributed by atoms with Crippen LogP contribution < -0.4 is 15.5 Å². The zero-order valence-corrected chi connectivity index (χ0v) is 16.9. The van der Waals surface area contributed by atoms with Crippen molar-refractivity contribution in [3.63, 3.8) is 0 Å². The first-order valence-electron chi connectivity index (χ1n) is 9.81. The first kappa shape index (κ1) is 17.8. The Bertz CT molecular complexity index is 805. The number of hydrogen-bond acceptors (Lipinski definition) is 4. The second-order valence-electron chi connectivity index (χ2n) is 8.30. The van der Waals surface area contributed by atoms with Gasteiger partial charge in [-0.2, -0.15) is 0 Å². The molecule has 0 unspecified atom stereocenters. The Hall–Kier alpha value is -1.59. The number of amides is 1. The Morgan fingerprint density at radius 1 is 1.19 bits per heavy atom. The van der Waals surface area contributed by atoms with Crippen molar-refractivity contribution >= 4 is 32.3 Å². The van der Waals surface area contributed by atoms with Gasteiger partial charge in [-0.25, -0.2) is 0 Å². The molecule has 5 heteroatoms. The smallest absolute Gasteiger partial charge is 0.251 e. The minimum atomic E-state index is 0.0589. The highest BCUT2D eigenvalue weighted by Crippen LogP contribution is 2.35. The number of carbonyl (C=O) groups is 1. The van der Waals surface area contributed by atoms with Gasteiger partial charge in [-0.3, -0.25) is 4.79 Å². The molecule has 2 aliphatic rings. The van der Waals surface area contributed by atoms with Crippen molar-refractivity contribution in [3.8, 4) is 0 Å². The van der Waals surface area contributed by atoms with E-state index in [1.165, 1.54) is 22.5 Å². The molecule has 0 radical (unpaired) electrons. The number of carbonyl (C=O) groups excluding carboxylic acids is 1. The molecule has 4 nitrogen and oxygen atoms in total. The summed E-state index contributed by atoms with van der Waals surface area (Å²) in [5.74, 6) is 0.0589. The largest absolute Gasteiger partial charge is 0.359 e. The van der Waals surface area contributed by atoms with Gasteiger partial charge in [-0.1, -0.05) is 0 Å². The summed E-state index contributed by atoms with van der Waals surface area (Å²) in [4.78, 5) is 15.2. The molecule has 2 bridgehead atoms. The average Bonchev–Trinajstić information content (AvgIpc) is 3.27. The van der Waals surface area contributed by atoms with Crippen LogP contribution in [0.25, 0.3) is 10.1 Å². The molecule has 1 aromatic carbocycles. The summed E-state index contributed by atoms with van der Waals surface area (Å²) in [6.45, 7) is 8.92. The maximum atomic E-state index is 12.7. The Balaban J connectivity index is 1.54. The van der Waals surface area contributed by atoms with E-state index < -0.39 is 0 Å². The second kappa shape index (κ2) is 6.86. The number of thiophene rings is 1. The van der Waals surface area contributed by atoms with Crippen molar-refractivity contribution in [2.24, 2.45) is 0 Å². The zero-order chi connectivity index (χ0) is 18.4. The van der Waals surface area contributed by atoms with Gasteiger partial charge in [0.2, 0.25) is 0 Å². The molecule has 1 aromatic heterocycles. The van der Waals surface area contributed by atoms with Crippen molar-refractivity contribution in [3.05, 3.63) is 29.8 Å². The van der Waals surface area contributed by atoms with Crippen molar-refractivity contribution in [2.45, 2.75) is 77.2 Å². The van der Waals surface area contributed by atoms with Gasteiger partial charge in [0, 0.05) is 40.5 Å². The van der Waals surface area contributed by atoms with Crippen LogP contribution in [-0.4, -0.2) is 36.1 Å². The quantitative estimate of drug-likeness (QED) is 0.830. The van der Waals surface area contributed by atoms with E-state index in [0.29, 0.717) is 24.2 Å². The first-order chi connectivity index (χ1) is 12.4. The van der Waals surface area contributed by atoms with Crippen LogP contribution >= 0.6 is 11.3 Å². The van der Waals surface area contributed by atoms with Crippen LogP contribution in [0.5, 0.6) is 0 Å². The maximum absolute atomic E-state index is 12.7. The number of nitrogens with zero attached hydrogens (tertiary/aromatic N) is 1. The van der Waals surface area contributed by atoms with E-state index in [1.807, 2.05) is 23.5 Å². The first-order valence-corrected chi connectivity index (χ1v) is 10.6. The third-order valence-electron chi connectivity index (χ3n) is 5.75. The van der Waals surface area contributed by atoms with Crippen LogP contribution in [0.4, 0.5) is 5.00 Å². The summed E-state index contributed by atoms with van der Waals surface area (Å²) in [5.41, 5.74) is 0.769. The summed E-state index contributed by atoms with van der Waals surface area (Å²) in [7, 11) is 0. The Morgan fingerprint density at radius 2 is 1.96 bits per heavy atom. The molecule has 3 heterocycles. The normalized spacial score (nSPS) is 24.8. The van der Waals surface area contributed by atoms with E-state index in [4.69, 9.17) is 0 Å². The highest BCUT2D eigenvalue weighted by atomic mass is 32.1. The molecule has 3 atom stereocenters. The molecular formula is C21H29N3OS. The van der Waals surface area contributed by atoms with Crippen LogP contribution in [-0.2, 0) is 0 Å². The number of rotatable bonds is 5. The minimum Gasteiger partial charge on any atom is -0.359 e. The van der Waals surface area contributed by atoms with Gasteiger partial charge in [0.05, 0.1) is 5.00 Å². The van der Waals surface area contributed by atoms with Crippen LogP contribution in [0, 0.1) is 0 Å². The summed E-state index contributed by atoms with van der Waals surface area (Å²) >= 11 is 1.81. The van der Waals surface area contributed by atoms with Gasteiger partial charge in [-0.05, 0) is 76.6 Å². The fraction of sp³-hybridized carbons (Fsp3) is 0.571. The van der Waals surface area contributed by atoms with E-state index in [1.54, 1.807) is 0 Å². The predicted molar refractivity (Wildman–Crippen MR) is 110 cm³/mol. The van der Waals surface area contributed by atoms with E-state index in [2.05, 4.69) is 55.4 Å². The molecule has 0 aliphatic carbocycles. The molecule has 2 aromatic rings. The minimum absolute atomic E-state index is 0.0589. The zero-order valence-electron chi connectivity index (χ0n) is 16.1. The molecule has 0 spiro atoms. The monoisotopic (exact) mass is 371 g/mol. The summed E-state index contributed by atoms with van der Waals surface area (Å²) in [6.07, 6.45) is 3.50. The lowest BCUT2D eigenvalue weighted by Crippen LogP contribution is -2.42. The van der Waals surface area contributed by atoms with E-state index in [9.17, 15) is 4.79 Å². The topological polar surface area (TPSA) is 44.4 Å². The fourth-order valence-corrected chi connectivity index (χ4v) is 5.95. The SMILES string of the molecule is CC(C)N(c1cc2cc(C(=O)N[C@@H]3C[C@H]4CC[C@@H]3N4)ccc2s1)C(C)C. The van der Waals surface area contributed by atoms with E-state index in [-0.39, 0.29) is 11.9 Å². The van der Waals surface area contributed by atoms with Gasteiger partial charge in [0.25, 0.3) is 5.91 Å². The number of anilines is 1. The Kier molecular flexibility index (Phi) is 4.70. The molecule has 0 saturated carbocycles. The summed E-state index contributed by atoms with van der Waals surface area (Å²) in [5, 5.41) is 9.27. The molecule has 2 fully saturated rings. The van der Waals surface area contributed by atoms with Crippen LogP contribution in [0.3, 0.4) is 0 Å². The van der Waals surface area contributed by atoms with Crippen LogP contribution in [0.15, 0.2) is 24.3 Å². The van der Waals surface area contributed by atoms with Gasteiger partial charge in [0.15, 0.2) is 0 Å². The summed E-state index contributed by atoms with van der Waals surface area (Å²) < 4.78 is 1.24. The van der Waals surface area contributed by atoms with Crippen LogP contribution in [0.2, 0.25) is 0 Å². The Morgan fingerprint density at radius 3 is 2.58 bits per heavy atom. The summed E-state index contributed by atoms with van der Waals surface area (Å²) in [6, 6.07) is 10.6. The van der Waals surface area contributed by atoms with Gasteiger partial charge in [0.1, 0.15) is 0 Å². The van der Waals surface area contributed by atoms with Crippen LogP contribution in [0.1, 0.15) is 57.3 Å². The molecule has 26 heavy (non-hydrogen) atoms. The second-order valence-corrected chi connectivity index (χ2v) is 9.36. The average molecular weight is 372 g/mol. The molecular weight excluding hydrogens is 342 g/mol. The number of hydrogen-bond donors (Lipinski definition) is 2. The number of fused-ring (bicyclic) bond motifs is 3. The lowest BCUT2D eigenvalue weighted by molar-refractivity contribution is 0.0931. The van der Waals surface area contributed by atoms with Gasteiger partial charge in [-0.15, -0.1) is 11.3 Å². The Labute approximate surface area is 160 Å². The van der Waals surface area contributed by atoms with Crippen molar-refractivity contribution < 1.29 is 4.79 Å². The molecule has 4 rings (SSSR count). The molecule has 140 valence electrons. The van der Waals surface area contributed by atoms with Crippen molar-refractivity contribution in [1.29, 1.82) is 0 Å². The predicted octanol–water partition coefficient (Wildman–Crippen LogP) is 4.15. The van der Waals surface area contributed by atoms with Crippen molar-refractivity contribution in [1.82, 2.24) is 10.6 Å². The molecule has 1 amide bonds. The third-order valence-corrected chi connectivity index (χ3v) is 6.88. The maximum Gasteiger partial charge on any atom is 0.251 e. The highest BCUT2D eigenvalue weighted by Gasteiger charge is 2.39. The molecule has 2 aliphatic heterocycles. The number of benzene rings is 1. The van der Waals surface area contributed by atoms with Crippen molar-refractivity contribution in [2.75, 3.05) is 4.90 Å². The fourth-order valence-electron chi connectivity index (χ4n) is 4.64. The molecule has 2 N–H and O–H groups in total. The number of nitrogens with one attached hydrogen (secondary N) is 2. The third kappa shape index (κ3) is 3.23. The lowest BCUT2D eigenvalue weighted by Gasteiger charge is -2.31. The highest BCUT2D eigenvalue weighted by molar-refractivity contribution is 7.22. The standard InChI is InChI=1S/C21H29N3OS/c1-12(2)24(13(3)4)20-10-15-9-14(5-8-19(15)26-20)21(25)23-18-11-16-6-7-17(18)22-16/h5,8-10,12-13,16-18,22H,6-7,11H2,1-4H3,(H,23,25)/t16-,17+,18-/m1/s1. The van der Waals surface area contributed by atoms with E-state index in [0.717, 1.165) is 17.4 Å². The van der Waals surface area contributed by atoms with E-state index >= 15 is 0 Å². The lowest BCUT2D eigenvalue weighted by atomic mass is 9.95. The van der Waals surface area contributed by atoms with Gasteiger partial charge < -0.3 is 15.5 Å². The molecule has 2 saturated heterocycles.